The number of rotatable bonds is 3. The zero-order valence-electron chi connectivity index (χ0n) is 8.37. The quantitative estimate of drug-likeness (QED) is 0.555. The van der Waals surface area contributed by atoms with E-state index in [4.69, 9.17) is 0 Å². The molecule has 0 aromatic carbocycles. The predicted octanol–water partition coefficient (Wildman–Crippen LogP) is 4.16. The minimum Gasteiger partial charge on any atom is -0.206 e. The first kappa shape index (κ1) is 11.2. The van der Waals surface area contributed by atoms with Crippen molar-refractivity contribution in [1.29, 1.82) is 0 Å². The first-order chi connectivity index (χ1) is 5.54. The molecule has 0 atom stereocenters. The highest BCUT2D eigenvalue weighted by atomic mass is 19.1. The highest BCUT2D eigenvalue weighted by molar-refractivity contribution is 5.37. The van der Waals surface area contributed by atoms with E-state index in [1.54, 1.807) is 6.92 Å². The summed E-state index contributed by atoms with van der Waals surface area (Å²) in [6.07, 6.45) is 2.54. The molecule has 0 aliphatic carbocycles. The predicted molar refractivity (Wildman–Crippen MR) is 52.7 cm³/mol. The van der Waals surface area contributed by atoms with Gasteiger partial charge in [-0.05, 0) is 38.3 Å². The van der Waals surface area contributed by atoms with Gasteiger partial charge in [0.2, 0.25) is 0 Å². The normalized spacial score (nSPS) is 14.2. The van der Waals surface area contributed by atoms with E-state index < -0.39 is 0 Å². The Balaban J connectivity index is 4.89. The van der Waals surface area contributed by atoms with E-state index in [-0.39, 0.29) is 5.83 Å². The van der Waals surface area contributed by atoms with Gasteiger partial charge in [-0.25, -0.2) is 4.39 Å². The molecule has 0 aliphatic rings. The molecule has 0 saturated heterocycles. The summed E-state index contributed by atoms with van der Waals surface area (Å²) in [5, 5.41) is 0. The molecule has 0 bridgehead atoms. The van der Waals surface area contributed by atoms with E-state index >= 15 is 0 Å². The van der Waals surface area contributed by atoms with E-state index in [1.165, 1.54) is 0 Å². The SMILES string of the molecule is C=C(C)/C(C)=C(F)\C(=C/C)CC. The Bertz CT molecular complexity index is 231. The lowest BCUT2D eigenvalue weighted by Gasteiger charge is -2.05. The fourth-order valence-corrected chi connectivity index (χ4v) is 0.914. The van der Waals surface area contributed by atoms with Crippen LogP contribution in [0.15, 0.2) is 35.2 Å². The van der Waals surface area contributed by atoms with Gasteiger partial charge in [0, 0.05) is 0 Å². The summed E-state index contributed by atoms with van der Waals surface area (Å²) in [5.74, 6) is -0.118. The van der Waals surface area contributed by atoms with Gasteiger partial charge >= 0.3 is 0 Å². The first-order valence-corrected chi connectivity index (χ1v) is 4.22. The average molecular weight is 168 g/mol. The Hall–Kier alpha value is -0.850. The lowest BCUT2D eigenvalue weighted by atomic mass is 10.0. The second-order valence-corrected chi connectivity index (χ2v) is 2.89. The molecule has 0 N–H and O–H groups in total. The first-order valence-electron chi connectivity index (χ1n) is 4.22. The molecule has 0 saturated carbocycles. The van der Waals surface area contributed by atoms with Gasteiger partial charge in [-0.1, -0.05) is 25.2 Å². The van der Waals surface area contributed by atoms with Gasteiger partial charge in [0.15, 0.2) is 0 Å². The molecule has 0 heterocycles. The number of hydrogen-bond donors (Lipinski definition) is 0. The van der Waals surface area contributed by atoms with E-state index in [0.29, 0.717) is 5.57 Å². The van der Waals surface area contributed by atoms with Crippen molar-refractivity contribution >= 4 is 0 Å². The van der Waals surface area contributed by atoms with Crippen LogP contribution in [0.2, 0.25) is 0 Å². The second kappa shape index (κ2) is 4.91. The molecule has 0 amide bonds. The van der Waals surface area contributed by atoms with Crippen molar-refractivity contribution < 1.29 is 4.39 Å². The van der Waals surface area contributed by atoms with Gasteiger partial charge in [0.1, 0.15) is 5.83 Å². The Morgan fingerprint density at radius 2 is 1.92 bits per heavy atom. The van der Waals surface area contributed by atoms with Gasteiger partial charge < -0.3 is 0 Å². The molecule has 0 unspecified atom stereocenters. The average Bonchev–Trinajstić information content (AvgIpc) is 2.05. The van der Waals surface area contributed by atoms with Gasteiger partial charge in [0.25, 0.3) is 0 Å². The van der Waals surface area contributed by atoms with Crippen LogP contribution in [0.3, 0.4) is 0 Å². The summed E-state index contributed by atoms with van der Waals surface area (Å²) in [5.41, 5.74) is 2.21. The van der Waals surface area contributed by atoms with Crippen molar-refractivity contribution in [3.63, 3.8) is 0 Å². The van der Waals surface area contributed by atoms with Crippen LogP contribution in [0.1, 0.15) is 34.1 Å². The molecule has 0 aromatic heterocycles. The molecule has 1 heteroatoms. The zero-order chi connectivity index (χ0) is 9.72. The van der Waals surface area contributed by atoms with Crippen molar-refractivity contribution in [1.82, 2.24) is 0 Å². The Labute approximate surface area is 74.5 Å². The van der Waals surface area contributed by atoms with Crippen molar-refractivity contribution in [2.75, 3.05) is 0 Å². The molecular formula is C11H17F. The fraction of sp³-hybridized carbons (Fsp3) is 0.455. The van der Waals surface area contributed by atoms with Crippen LogP contribution in [0.4, 0.5) is 4.39 Å². The van der Waals surface area contributed by atoms with Gasteiger partial charge in [-0.3, -0.25) is 0 Å². The molecule has 0 spiro atoms. The van der Waals surface area contributed by atoms with Crippen molar-refractivity contribution in [3.05, 3.63) is 35.2 Å². The maximum atomic E-state index is 13.5. The number of halogens is 1. The molecule has 0 rings (SSSR count). The molecule has 0 fully saturated rings. The fourth-order valence-electron chi connectivity index (χ4n) is 0.914. The molecule has 68 valence electrons. The summed E-state index contributed by atoms with van der Waals surface area (Å²) < 4.78 is 13.5. The van der Waals surface area contributed by atoms with Crippen LogP contribution >= 0.6 is 0 Å². The summed E-state index contributed by atoms with van der Waals surface area (Å²) in [7, 11) is 0. The maximum Gasteiger partial charge on any atom is 0.129 e. The molecule has 0 radical (unpaired) electrons. The van der Waals surface area contributed by atoms with Crippen LogP contribution in [0, 0.1) is 0 Å². The largest absolute Gasteiger partial charge is 0.206 e. The molecule has 0 aromatic rings. The maximum absolute atomic E-state index is 13.5. The second-order valence-electron chi connectivity index (χ2n) is 2.89. The van der Waals surface area contributed by atoms with Crippen LogP contribution in [0.5, 0.6) is 0 Å². The van der Waals surface area contributed by atoms with E-state index in [9.17, 15) is 4.39 Å². The Kier molecular flexibility index (Phi) is 4.57. The Morgan fingerprint density at radius 1 is 1.42 bits per heavy atom. The molecule has 0 aliphatic heterocycles. The van der Waals surface area contributed by atoms with Gasteiger partial charge in [-0.15, -0.1) is 0 Å². The highest BCUT2D eigenvalue weighted by Crippen LogP contribution is 2.22. The van der Waals surface area contributed by atoms with Gasteiger partial charge in [0.05, 0.1) is 0 Å². The summed E-state index contributed by atoms with van der Waals surface area (Å²) in [6.45, 7) is 11.1. The van der Waals surface area contributed by atoms with Crippen molar-refractivity contribution in [2.45, 2.75) is 34.1 Å². The van der Waals surface area contributed by atoms with Gasteiger partial charge in [-0.2, -0.15) is 0 Å². The van der Waals surface area contributed by atoms with Crippen molar-refractivity contribution in [2.24, 2.45) is 0 Å². The minimum atomic E-state index is -0.118. The smallest absolute Gasteiger partial charge is 0.129 e. The molecular weight excluding hydrogens is 151 g/mol. The number of hydrogen-bond acceptors (Lipinski definition) is 0. The topological polar surface area (TPSA) is 0 Å². The van der Waals surface area contributed by atoms with Crippen LogP contribution in [-0.4, -0.2) is 0 Å². The van der Waals surface area contributed by atoms with E-state index in [2.05, 4.69) is 6.58 Å². The third-order valence-electron chi connectivity index (χ3n) is 1.98. The van der Waals surface area contributed by atoms with E-state index in [1.807, 2.05) is 26.8 Å². The van der Waals surface area contributed by atoms with Crippen LogP contribution in [0.25, 0.3) is 0 Å². The Morgan fingerprint density at radius 3 is 2.17 bits per heavy atom. The minimum absolute atomic E-state index is 0.118. The lowest BCUT2D eigenvalue weighted by molar-refractivity contribution is 0.632. The third kappa shape index (κ3) is 2.65. The standard InChI is InChI=1S/C11H17F/c1-6-10(7-2)11(12)9(5)8(3)4/h6H,3,7H2,1-2,4-5H3/b10-6-,11-9+. The summed E-state index contributed by atoms with van der Waals surface area (Å²) >= 11 is 0. The third-order valence-corrected chi connectivity index (χ3v) is 1.98. The summed E-state index contributed by atoms with van der Waals surface area (Å²) in [4.78, 5) is 0. The number of allylic oxidation sites excluding steroid dienone is 5. The molecule has 12 heavy (non-hydrogen) atoms. The van der Waals surface area contributed by atoms with Crippen LogP contribution in [-0.2, 0) is 0 Å². The van der Waals surface area contributed by atoms with Crippen molar-refractivity contribution in [3.8, 4) is 0 Å². The summed E-state index contributed by atoms with van der Waals surface area (Å²) in [6, 6.07) is 0. The van der Waals surface area contributed by atoms with E-state index in [0.717, 1.165) is 17.6 Å². The molecule has 0 nitrogen and oxygen atoms in total. The monoisotopic (exact) mass is 168 g/mol. The van der Waals surface area contributed by atoms with Crippen LogP contribution < -0.4 is 0 Å². The lowest BCUT2D eigenvalue weighted by Crippen LogP contribution is -1.88. The zero-order valence-corrected chi connectivity index (χ0v) is 8.37. The highest BCUT2D eigenvalue weighted by Gasteiger charge is 2.05.